The van der Waals surface area contributed by atoms with Gasteiger partial charge in [0.2, 0.25) is 0 Å². The Morgan fingerprint density at radius 2 is 0.981 bits per heavy atom. The summed E-state index contributed by atoms with van der Waals surface area (Å²) in [6.45, 7) is 0. The molecular weight excluding hydrogens is 661 g/mol. The number of rotatable bonds is 8. The lowest BCUT2D eigenvalue weighted by Gasteiger charge is -2.39. The highest BCUT2D eigenvalue weighted by molar-refractivity contribution is 5.68. The number of benzene rings is 4. The highest BCUT2D eigenvalue weighted by Crippen LogP contribution is 2.45. The first-order chi connectivity index (χ1) is 26.7. The molecule has 6 nitrogen and oxygen atoms in total. The largest absolute Gasteiger partial charge is 0.213 e. The summed E-state index contributed by atoms with van der Waals surface area (Å²) in [7, 11) is 0. The van der Waals surface area contributed by atoms with Crippen LogP contribution in [0.4, 0.5) is 0 Å². The lowest BCUT2D eigenvalue weighted by molar-refractivity contribution is 0.346. The van der Waals surface area contributed by atoms with Crippen LogP contribution in [-0.4, -0.2) is 29.9 Å². The predicted octanol–water partition coefficient (Wildman–Crippen LogP) is 11.3. The van der Waals surface area contributed by atoms with E-state index >= 15 is 0 Å². The first-order valence-corrected chi connectivity index (χ1v) is 19.3. The minimum absolute atomic E-state index is 0.0767. The molecule has 3 aliphatic rings. The molecular formula is C48H42N6. The summed E-state index contributed by atoms with van der Waals surface area (Å²) >= 11 is 0. The molecule has 0 radical (unpaired) electrons. The molecule has 9 rings (SSSR count). The van der Waals surface area contributed by atoms with Crippen LogP contribution in [0.25, 0.3) is 51.1 Å². The zero-order chi connectivity index (χ0) is 36.2. The second-order valence-corrected chi connectivity index (χ2v) is 14.5. The first-order valence-electron chi connectivity index (χ1n) is 19.3. The van der Waals surface area contributed by atoms with Crippen molar-refractivity contribution >= 4 is 5.57 Å². The molecule has 6 aromatic rings. The Morgan fingerprint density at radius 1 is 0.463 bits per heavy atom. The van der Waals surface area contributed by atoms with Crippen LogP contribution in [-0.2, 0) is 5.41 Å². The Kier molecular flexibility index (Phi) is 9.40. The summed E-state index contributed by atoms with van der Waals surface area (Å²) in [5.74, 6) is 4.53. The maximum atomic E-state index is 5.06. The molecule has 3 aliphatic carbocycles. The van der Waals surface area contributed by atoms with Crippen molar-refractivity contribution in [3.05, 3.63) is 175 Å². The Hall–Kier alpha value is -6.14. The van der Waals surface area contributed by atoms with Crippen LogP contribution in [0.15, 0.2) is 152 Å². The van der Waals surface area contributed by atoms with Gasteiger partial charge in [0.25, 0.3) is 0 Å². The maximum absolute atomic E-state index is 5.06. The summed E-state index contributed by atoms with van der Waals surface area (Å²) in [5.41, 5.74) is 7.70. The molecule has 1 atom stereocenters. The standard InChI is InChI=1S/C48H42N6/c1-6-16-34(17-7-1)42-49-43(35-18-8-2-9-19-35)52-46(51-42)38-24-28-40(29-25-38)48(32-14-5-15-33-48)41-30-26-39(27-31-41)47-53-44(36-20-10-3-11-21-36)50-45(54-47)37-22-12-4-13-23-37/h1-4,6-12,16-20,22,24-31,36H,5,13-15,21,23,32-33H2. The van der Waals surface area contributed by atoms with Gasteiger partial charge in [-0.3, -0.25) is 0 Å². The number of nitrogens with zero attached hydrogens (tertiary/aromatic N) is 6. The predicted molar refractivity (Wildman–Crippen MR) is 217 cm³/mol. The number of hydrogen-bond donors (Lipinski definition) is 0. The number of aromatic nitrogens is 6. The lowest BCUT2D eigenvalue weighted by Crippen LogP contribution is -2.30. The zero-order valence-corrected chi connectivity index (χ0v) is 30.4. The van der Waals surface area contributed by atoms with E-state index in [1.807, 2.05) is 60.7 Å². The van der Waals surface area contributed by atoms with E-state index in [0.717, 1.165) is 71.8 Å². The second-order valence-electron chi connectivity index (χ2n) is 14.5. The average molecular weight is 703 g/mol. The Labute approximate surface area is 317 Å². The minimum Gasteiger partial charge on any atom is -0.213 e. The minimum atomic E-state index is -0.0767. The smallest absolute Gasteiger partial charge is 0.164 e. The quantitative estimate of drug-likeness (QED) is 0.157. The normalized spacial score (nSPS) is 17.6. The van der Waals surface area contributed by atoms with Crippen molar-refractivity contribution in [3.8, 4) is 45.6 Å². The third-order valence-corrected chi connectivity index (χ3v) is 11.1. The first kappa shape index (κ1) is 33.7. The molecule has 0 spiro atoms. The molecule has 2 aromatic heterocycles. The Bertz CT molecular complexity index is 2310. The van der Waals surface area contributed by atoms with E-state index in [4.69, 9.17) is 29.9 Å². The summed E-state index contributed by atoms with van der Waals surface area (Å²) in [6.07, 6.45) is 23.8. The number of hydrogen-bond acceptors (Lipinski definition) is 6. The summed E-state index contributed by atoms with van der Waals surface area (Å²) in [6, 6.07) is 38.3. The van der Waals surface area contributed by atoms with Gasteiger partial charge in [-0.15, -0.1) is 0 Å². The molecule has 0 aliphatic heterocycles. The van der Waals surface area contributed by atoms with Crippen LogP contribution in [0.1, 0.15) is 80.1 Å². The van der Waals surface area contributed by atoms with Crippen LogP contribution in [0.2, 0.25) is 0 Å². The van der Waals surface area contributed by atoms with Gasteiger partial charge >= 0.3 is 0 Å². The monoisotopic (exact) mass is 702 g/mol. The van der Waals surface area contributed by atoms with E-state index in [9.17, 15) is 0 Å². The summed E-state index contributed by atoms with van der Waals surface area (Å²) in [5, 5.41) is 0. The van der Waals surface area contributed by atoms with Crippen molar-refractivity contribution in [2.75, 3.05) is 0 Å². The molecule has 0 amide bonds. The van der Waals surface area contributed by atoms with Crippen LogP contribution < -0.4 is 0 Å². The molecule has 6 heteroatoms. The molecule has 0 bridgehead atoms. The van der Waals surface area contributed by atoms with Crippen molar-refractivity contribution in [2.45, 2.75) is 62.7 Å². The third kappa shape index (κ3) is 6.88. The van der Waals surface area contributed by atoms with Crippen LogP contribution in [0.5, 0.6) is 0 Å². The molecule has 1 unspecified atom stereocenters. The van der Waals surface area contributed by atoms with Crippen LogP contribution in [0, 0.1) is 0 Å². The van der Waals surface area contributed by atoms with Crippen molar-refractivity contribution in [2.24, 2.45) is 0 Å². The van der Waals surface area contributed by atoms with E-state index in [1.165, 1.54) is 36.0 Å². The molecule has 1 fully saturated rings. The van der Waals surface area contributed by atoms with E-state index in [0.29, 0.717) is 17.5 Å². The molecule has 4 aromatic carbocycles. The molecule has 54 heavy (non-hydrogen) atoms. The van der Waals surface area contributed by atoms with Crippen molar-refractivity contribution in [1.82, 2.24) is 29.9 Å². The Morgan fingerprint density at radius 3 is 1.50 bits per heavy atom. The SMILES string of the molecule is C1=CCCC(c2nc(-c3ccc(C4(c5ccc(-c6nc(-c7ccccc7)nc(-c7ccccc7)n6)cc5)CCCCC4)cc3)nc(C3C=CC=CC3)n2)=C1. The molecule has 264 valence electrons. The average Bonchev–Trinajstić information content (AvgIpc) is 3.27. The van der Waals surface area contributed by atoms with E-state index in [-0.39, 0.29) is 11.3 Å². The second kappa shape index (κ2) is 15.1. The van der Waals surface area contributed by atoms with Gasteiger partial charge in [0.15, 0.2) is 29.1 Å². The lowest BCUT2D eigenvalue weighted by atomic mass is 9.65. The van der Waals surface area contributed by atoms with Gasteiger partial charge in [-0.25, -0.2) is 29.9 Å². The van der Waals surface area contributed by atoms with Crippen molar-refractivity contribution in [1.29, 1.82) is 0 Å². The van der Waals surface area contributed by atoms with Gasteiger partial charge in [0.1, 0.15) is 5.82 Å². The fraction of sp³-hybridized carbons (Fsp3) is 0.208. The fourth-order valence-corrected chi connectivity index (χ4v) is 8.11. The van der Waals surface area contributed by atoms with Gasteiger partial charge in [-0.05, 0) is 48.8 Å². The van der Waals surface area contributed by atoms with Gasteiger partial charge in [0.05, 0.1) is 0 Å². The van der Waals surface area contributed by atoms with E-state index in [2.05, 4.69) is 91.1 Å². The van der Waals surface area contributed by atoms with E-state index in [1.54, 1.807) is 0 Å². The molecule has 2 heterocycles. The summed E-state index contributed by atoms with van der Waals surface area (Å²) < 4.78 is 0. The highest BCUT2D eigenvalue weighted by Gasteiger charge is 2.36. The van der Waals surface area contributed by atoms with Crippen LogP contribution >= 0.6 is 0 Å². The molecule has 0 saturated heterocycles. The van der Waals surface area contributed by atoms with Gasteiger partial charge in [-0.2, -0.15) is 0 Å². The van der Waals surface area contributed by atoms with Gasteiger partial charge in [0, 0.05) is 33.6 Å². The topological polar surface area (TPSA) is 77.3 Å². The Balaban J connectivity index is 1.06. The highest BCUT2D eigenvalue weighted by atomic mass is 15.0. The molecule has 0 N–H and O–H groups in total. The molecule has 1 saturated carbocycles. The van der Waals surface area contributed by atoms with Crippen LogP contribution in [0.3, 0.4) is 0 Å². The number of allylic oxidation sites excluding steroid dienone is 8. The van der Waals surface area contributed by atoms with E-state index < -0.39 is 0 Å². The third-order valence-electron chi connectivity index (χ3n) is 11.1. The van der Waals surface area contributed by atoms with Gasteiger partial charge in [-0.1, -0.05) is 171 Å². The fourth-order valence-electron chi connectivity index (χ4n) is 8.11. The van der Waals surface area contributed by atoms with Gasteiger partial charge < -0.3 is 0 Å². The summed E-state index contributed by atoms with van der Waals surface area (Å²) in [4.78, 5) is 29.9. The van der Waals surface area contributed by atoms with Crippen molar-refractivity contribution < 1.29 is 0 Å². The zero-order valence-electron chi connectivity index (χ0n) is 30.4. The van der Waals surface area contributed by atoms with Crippen molar-refractivity contribution in [3.63, 3.8) is 0 Å². The maximum Gasteiger partial charge on any atom is 0.164 e.